The molecule has 112 valence electrons. The number of nitrogens with zero attached hydrogens (tertiary/aromatic N) is 1. The first-order valence-corrected chi connectivity index (χ1v) is 8.54. The summed E-state index contributed by atoms with van der Waals surface area (Å²) in [7, 11) is -3.31. The summed E-state index contributed by atoms with van der Waals surface area (Å²) in [4.78, 5) is 0. The van der Waals surface area contributed by atoms with Crippen molar-refractivity contribution in [2.45, 2.75) is 31.7 Å². The van der Waals surface area contributed by atoms with Crippen LogP contribution in [0.25, 0.3) is 0 Å². The number of morpholine rings is 1. The molecule has 1 atom stereocenters. The van der Waals surface area contributed by atoms with Crippen LogP contribution in [0.15, 0.2) is 24.3 Å². The molecule has 0 amide bonds. The van der Waals surface area contributed by atoms with Crippen molar-refractivity contribution in [3.63, 3.8) is 0 Å². The summed E-state index contributed by atoms with van der Waals surface area (Å²) in [6.07, 6.45) is 0.828. The van der Waals surface area contributed by atoms with E-state index in [0.29, 0.717) is 26.2 Å². The number of ether oxygens (including phenoxy) is 1. The lowest BCUT2D eigenvalue weighted by Crippen LogP contribution is -2.45. The highest BCUT2D eigenvalue weighted by atomic mass is 32.2. The van der Waals surface area contributed by atoms with Crippen molar-refractivity contribution in [1.82, 2.24) is 4.31 Å². The number of hydrogen-bond acceptors (Lipinski definition) is 4. The molecule has 2 N–H and O–H groups in total. The first kappa shape index (κ1) is 15.4. The maximum absolute atomic E-state index is 12.5. The summed E-state index contributed by atoms with van der Waals surface area (Å²) >= 11 is 0. The Kier molecular flexibility index (Phi) is 5.15. The molecule has 1 heterocycles. The molecule has 1 aromatic carbocycles. The van der Waals surface area contributed by atoms with Gasteiger partial charge in [0, 0.05) is 19.6 Å². The molecule has 1 aliphatic rings. The molecule has 1 aromatic rings. The van der Waals surface area contributed by atoms with Gasteiger partial charge in [0.15, 0.2) is 0 Å². The molecule has 6 heteroatoms. The van der Waals surface area contributed by atoms with E-state index in [2.05, 4.69) is 0 Å². The van der Waals surface area contributed by atoms with Crippen LogP contribution < -0.4 is 5.73 Å². The van der Waals surface area contributed by atoms with Gasteiger partial charge in [-0.1, -0.05) is 31.2 Å². The van der Waals surface area contributed by atoms with Crippen molar-refractivity contribution < 1.29 is 13.2 Å². The summed E-state index contributed by atoms with van der Waals surface area (Å²) in [6.45, 7) is 3.71. The molecular weight excluding hydrogens is 276 g/mol. The maximum Gasteiger partial charge on any atom is 0.218 e. The summed E-state index contributed by atoms with van der Waals surface area (Å²) in [6, 6.07) is 7.43. The van der Waals surface area contributed by atoms with Gasteiger partial charge in [0.05, 0.1) is 18.5 Å². The van der Waals surface area contributed by atoms with Crippen LogP contribution in [0.2, 0.25) is 0 Å². The third-order valence-corrected chi connectivity index (χ3v) is 5.42. The Morgan fingerprint density at radius 3 is 2.70 bits per heavy atom. The molecule has 0 aromatic heterocycles. The van der Waals surface area contributed by atoms with E-state index in [-0.39, 0.29) is 11.9 Å². The highest BCUT2D eigenvalue weighted by molar-refractivity contribution is 7.88. The van der Waals surface area contributed by atoms with Crippen molar-refractivity contribution in [3.8, 4) is 0 Å². The summed E-state index contributed by atoms with van der Waals surface area (Å²) < 4.78 is 32.1. The third-order valence-electron chi connectivity index (χ3n) is 3.63. The quantitative estimate of drug-likeness (QED) is 0.883. The molecule has 0 radical (unpaired) electrons. The van der Waals surface area contributed by atoms with Gasteiger partial charge < -0.3 is 10.5 Å². The number of hydrogen-bond donors (Lipinski definition) is 1. The molecule has 0 aliphatic carbocycles. The van der Waals surface area contributed by atoms with Crippen LogP contribution in [0.4, 0.5) is 0 Å². The minimum Gasteiger partial charge on any atom is -0.375 e. The Morgan fingerprint density at radius 1 is 1.35 bits per heavy atom. The number of nitrogens with two attached hydrogens (primary N) is 1. The zero-order valence-corrected chi connectivity index (χ0v) is 12.6. The van der Waals surface area contributed by atoms with Crippen molar-refractivity contribution in [3.05, 3.63) is 35.4 Å². The Balaban J connectivity index is 2.14. The largest absolute Gasteiger partial charge is 0.375 e. The van der Waals surface area contributed by atoms with E-state index in [1.165, 1.54) is 4.31 Å². The summed E-state index contributed by atoms with van der Waals surface area (Å²) in [5.41, 5.74) is 7.34. The number of benzene rings is 1. The van der Waals surface area contributed by atoms with Gasteiger partial charge in [0.1, 0.15) is 0 Å². The second-order valence-electron chi connectivity index (χ2n) is 4.99. The van der Waals surface area contributed by atoms with Gasteiger partial charge in [-0.25, -0.2) is 8.42 Å². The first-order chi connectivity index (χ1) is 9.56. The highest BCUT2D eigenvalue weighted by Crippen LogP contribution is 2.18. The van der Waals surface area contributed by atoms with Gasteiger partial charge in [-0.2, -0.15) is 4.31 Å². The summed E-state index contributed by atoms with van der Waals surface area (Å²) in [5, 5.41) is 0. The molecule has 1 saturated heterocycles. The van der Waals surface area contributed by atoms with Gasteiger partial charge in [0.2, 0.25) is 10.0 Å². The Labute approximate surface area is 120 Å². The molecule has 5 nitrogen and oxygen atoms in total. The normalized spacial score (nSPS) is 21.0. The van der Waals surface area contributed by atoms with Crippen molar-refractivity contribution >= 4 is 10.0 Å². The van der Waals surface area contributed by atoms with E-state index in [0.717, 1.165) is 17.5 Å². The van der Waals surface area contributed by atoms with Crippen molar-refractivity contribution in [2.24, 2.45) is 5.73 Å². The van der Waals surface area contributed by atoms with Crippen LogP contribution in [-0.4, -0.2) is 38.5 Å². The fourth-order valence-corrected chi connectivity index (χ4v) is 3.98. The Hall–Kier alpha value is -0.950. The van der Waals surface area contributed by atoms with E-state index in [1.807, 2.05) is 31.2 Å². The van der Waals surface area contributed by atoms with Gasteiger partial charge in [-0.15, -0.1) is 0 Å². The minimum absolute atomic E-state index is 0.00303. The molecular formula is C14H22N2O3S. The maximum atomic E-state index is 12.5. The SMILES string of the molecule is CCC1CN(S(=O)(=O)Cc2ccccc2CN)CCO1. The van der Waals surface area contributed by atoms with Gasteiger partial charge in [-0.05, 0) is 17.5 Å². The van der Waals surface area contributed by atoms with Crippen LogP contribution >= 0.6 is 0 Å². The van der Waals surface area contributed by atoms with Crippen LogP contribution in [0.1, 0.15) is 24.5 Å². The molecule has 0 bridgehead atoms. The predicted octanol–water partition coefficient (Wildman–Crippen LogP) is 1.09. The van der Waals surface area contributed by atoms with E-state index in [1.54, 1.807) is 0 Å². The van der Waals surface area contributed by atoms with Crippen LogP contribution in [-0.2, 0) is 27.1 Å². The van der Waals surface area contributed by atoms with Crippen LogP contribution in [0.3, 0.4) is 0 Å². The van der Waals surface area contributed by atoms with Crippen LogP contribution in [0, 0.1) is 0 Å². The topological polar surface area (TPSA) is 72.6 Å². The van der Waals surface area contributed by atoms with E-state index in [4.69, 9.17) is 10.5 Å². The molecule has 2 rings (SSSR count). The van der Waals surface area contributed by atoms with E-state index >= 15 is 0 Å². The molecule has 0 saturated carbocycles. The Bertz CT molecular complexity index is 545. The average Bonchev–Trinajstić information content (AvgIpc) is 2.47. The second-order valence-corrected chi connectivity index (χ2v) is 6.96. The Morgan fingerprint density at radius 2 is 2.05 bits per heavy atom. The molecule has 20 heavy (non-hydrogen) atoms. The van der Waals surface area contributed by atoms with E-state index < -0.39 is 10.0 Å². The fraction of sp³-hybridized carbons (Fsp3) is 0.571. The zero-order chi connectivity index (χ0) is 14.6. The monoisotopic (exact) mass is 298 g/mol. The van der Waals surface area contributed by atoms with Gasteiger partial charge in [0.25, 0.3) is 0 Å². The van der Waals surface area contributed by atoms with Gasteiger partial charge in [-0.3, -0.25) is 0 Å². The fourth-order valence-electron chi connectivity index (χ4n) is 2.38. The lowest BCUT2D eigenvalue weighted by atomic mass is 10.1. The highest BCUT2D eigenvalue weighted by Gasteiger charge is 2.29. The number of rotatable bonds is 5. The molecule has 0 spiro atoms. The molecule has 1 unspecified atom stereocenters. The van der Waals surface area contributed by atoms with Gasteiger partial charge >= 0.3 is 0 Å². The first-order valence-electron chi connectivity index (χ1n) is 6.93. The molecule has 1 fully saturated rings. The van der Waals surface area contributed by atoms with Crippen molar-refractivity contribution in [2.75, 3.05) is 19.7 Å². The molecule has 1 aliphatic heterocycles. The lowest BCUT2D eigenvalue weighted by molar-refractivity contribution is -0.00282. The lowest BCUT2D eigenvalue weighted by Gasteiger charge is -2.31. The summed E-state index contributed by atoms with van der Waals surface area (Å²) in [5.74, 6) is 0.0107. The van der Waals surface area contributed by atoms with E-state index in [9.17, 15) is 8.42 Å². The predicted molar refractivity (Wildman–Crippen MR) is 78.6 cm³/mol. The van der Waals surface area contributed by atoms with Crippen LogP contribution in [0.5, 0.6) is 0 Å². The smallest absolute Gasteiger partial charge is 0.218 e. The minimum atomic E-state index is -3.31. The zero-order valence-electron chi connectivity index (χ0n) is 11.8. The van der Waals surface area contributed by atoms with Crippen molar-refractivity contribution in [1.29, 1.82) is 0 Å². The average molecular weight is 298 g/mol. The second kappa shape index (κ2) is 6.67. The standard InChI is InChI=1S/C14H22N2O3S/c1-2-14-10-16(7-8-19-14)20(17,18)11-13-6-4-3-5-12(13)9-15/h3-6,14H,2,7-11,15H2,1H3. The number of sulfonamides is 1. The third kappa shape index (κ3) is 3.58.